The van der Waals surface area contributed by atoms with Gasteiger partial charge < -0.3 is 5.32 Å². The van der Waals surface area contributed by atoms with E-state index in [-0.39, 0.29) is 11.2 Å². The fraction of sp³-hybridized carbons (Fsp3) is 0.273. The molecule has 5 rings (SSSR count). The van der Waals surface area contributed by atoms with Crippen molar-refractivity contribution in [3.63, 3.8) is 0 Å². The monoisotopic (exact) mass is 442 g/mol. The van der Waals surface area contributed by atoms with Crippen LogP contribution >= 0.6 is 22.7 Å². The predicted molar refractivity (Wildman–Crippen MR) is 122 cm³/mol. The molecule has 1 N–H and O–H groups in total. The first kappa shape index (κ1) is 19.5. The number of halogens is 2. The molecule has 0 unspecified atom stereocenters. The van der Waals surface area contributed by atoms with Crippen LogP contribution in [0, 0.1) is 11.6 Å². The number of hydrogen-bond acceptors (Lipinski definition) is 6. The minimum Gasteiger partial charge on any atom is -0.350 e. The highest BCUT2D eigenvalue weighted by Gasteiger charge is 2.23. The second kappa shape index (κ2) is 7.68. The van der Waals surface area contributed by atoms with Crippen LogP contribution in [0.1, 0.15) is 25.1 Å². The van der Waals surface area contributed by atoms with Gasteiger partial charge in [-0.2, -0.15) is 0 Å². The maximum atomic E-state index is 14.9. The number of thiazole rings is 1. The highest BCUT2D eigenvalue weighted by molar-refractivity contribution is 7.19. The first-order valence-electron chi connectivity index (χ1n) is 9.88. The van der Waals surface area contributed by atoms with Crippen molar-refractivity contribution < 1.29 is 8.78 Å². The highest BCUT2D eigenvalue weighted by Crippen LogP contribution is 2.39. The van der Waals surface area contributed by atoms with Gasteiger partial charge in [-0.05, 0) is 43.7 Å². The van der Waals surface area contributed by atoms with E-state index in [2.05, 4.69) is 46.2 Å². The molecule has 0 aliphatic carbocycles. The SMILES string of the molecule is CCN1CCC=C(c2cc3c(Nc4c(F)cc5scnc5c4F)ccnc3s2)[C@H]1C. The molecule has 3 aromatic heterocycles. The molecule has 8 heteroatoms. The third-order valence-corrected chi connectivity index (χ3v) is 7.55. The molecular weight excluding hydrogens is 422 g/mol. The molecule has 0 saturated heterocycles. The lowest BCUT2D eigenvalue weighted by molar-refractivity contribution is 0.257. The van der Waals surface area contributed by atoms with Crippen LogP contribution in [0.15, 0.2) is 36.0 Å². The van der Waals surface area contributed by atoms with Crippen molar-refractivity contribution in [2.45, 2.75) is 26.3 Å². The van der Waals surface area contributed by atoms with Crippen molar-refractivity contribution in [2.24, 2.45) is 0 Å². The Kier molecular flexibility index (Phi) is 5.00. The first-order valence-corrected chi connectivity index (χ1v) is 11.6. The molecule has 1 aromatic carbocycles. The summed E-state index contributed by atoms with van der Waals surface area (Å²) in [4.78, 5) is 12.9. The lowest BCUT2D eigenvalue weighted by Gasteiger charge is -2.32. The van der Waals surface area contributed by atoms with Gasteiger partial charge in [-0.1, -0.05) is 13.0 Å². The lowest BCUT2D eigenvalue weighted by Crippen LogP contribution is -2.36. The molecule has 0 radical (unpaired) electrons. The van der Waals surface area contributed by atoms with E-state index in [1.807, 2.05) is 0 Å². The zero-order valence-electron chi connectivity index (χ0n) is 16.6. The number of benzene rings is 1. The molecule has 4 heterocycles. The second-order valence-electron chi connectivity index (χ2n) is 7.31. The largest absolute Gasteiger partial charge is 0.350 e. The maximum Gasteiger partial charge on any atom is 0.176 e. The maximum absolute atomic E-state index is 14.9. The van der Waals surface area contributed by atoms with Crippen molar-refractivity contribution in [3.8, 4) is 0 Å². The topological polar surface area (TPSA) is 41.0 Å². The van der Waals surface area contributed by atoms with Crippen LogP contribution in [-0.2, 0) is 0 Å². The van der Waals surface area contributed by atoms with Gasteiger partial charge in [0.15, 0.2) is 11.6 Å². The first-order chi connectivity index (χ1) is 14.6. The van der Waals surface area contributed by atoms with Gasteiger partial charge >= 0.3 is 0 Å². The minimum atomic E-state index is -0.672. The fourth-order valence-corrected chi connectivity index (χ4v) is 5.90. The van der Waals surface area contributed by atoms with E-state index in [1.165, 1.54) is 28.5 Å². The Morgan fingerprint density at radius 2 is 2.13 bits per heavy atom. The lowest BCUT2D eigenvalue weighted by atomic mass is 9.99. The van der Waals surface area contributed by atoms with E-state index in [4.69, 9.17) is 0 Å². The summed E-state index contributed by atoms with van der Waals surface area (Å²) in [6.45, 7) is 6.47. The van der Waals surface area contributed by atoms with Crippen molar-refractivity contribution >= 4 is 60.1 Å². The average molecular weight is 443 g/mol. The third-order valence-electron chi connectivity index (χ3n) is 5.68. The molecule has 0 bridgehead atoms. The van der Waals surface area contributed by atoms with Crippen molar-refractivity contribution in [1.29, 1.82) is 0 Å². The zero-order chi connectivity index (χ0) is 20.8. The molecule has 0 fully saturated rings. The Morgan fingerprint density at radius 1 is 1.27 bits per heavy atom. The summed E-state index contributed by atoms with van der Waals surface area (Å²) in [6.07, 6.45) is 4.98. The van der Waals surface area contributed by atoms with Gasteiger partial charge in [0.2, 0.25) is 0 Å². The summed E-state index contributed by atoms with van der Waals surface area (Å²) >= 11 is 2.83. The van der Waals surface area contributed by atoms with Crippen LogP contribution in [0.3, 0.4) is 0 Å². The molecule has 1 aliphatic heterocycles. The van der Waals surface area contributed by atoms with Crippen LogP contribution in [0.5, 0.6) is 0 Å². The Labute approximate surface area is 180 Å². The van der Waals surface area contributed by atoms with Crippen molar-refractivity contribution in [3.05, 3.63) is 52.5 Å². The number of rotatable bonds is 4. The van der Waals surface area contributed by atoms with Crippen molar-refractivity contribution in [1.82, 2.24) is 14.9 Å². The summed E-state index contributed by atoms with van der Waals surface area (Å²) in [5.74, 6) is -1.30. The Hall–Kier alpha value is -2.42. The van der Waals surface area contributed by atoms with Crippen LogP contribution in [0.2, 0.25) is 0 Å². The minimum absolute atomic E-state index is 0.182. The molecule has 154 valence electrons. The molecule has 30 heavy (non-hydrogen) atoms. The highest BCUT2D eigenvalue weighted by atomic mass is 32.1. The van der Waals surface area contributed by atoms with Gasteiger partial charge in [-0.15, -0.1) is 22.7 Å². The molecule has 4 aromatic rings. The van der Waals surface area contributed by atoms with Gasteiger partial charge in [0.25, 0.3) is 0 Å². The van der Waals surface area contributed by atoms with E-state index >= 15 is 0 Å². The Balaban J connectivity index is 1.56. The average Bonchev–Trinajstić information content (AvgIpc) is 3.38. The van der Waals surface area contributed by atoms with E-state index in [0.717, 1.165) is 34.6 Å². The van der Waals surface area contributed by atoms with Crippen LogP contribution < -0.4 is 5.32 Å². The van der Waals surface area contributed by atoms with E-state index < -0.39 is 11.6 Å². The molecule has 1 atom stereocenters. The summed E-state index contributed by atoms with van der Waals surface area (Å²) in [5, 5.41) is 3.82. The summed E-state index contributed by atoms with van der Waals surface area (Å²) in [5.41, 5.74) is 3.44. The number of likely N-dealkylation sites (N-methyl/N-ethyl adjacent to an activating group) is 1. The van der Waals surface area contributed by atoms with Crippen molar-refractivity contribution in [2.75, 3.05) is 18.4 Å². The molecule has 0 spiro atoms. The Bertz CT molecular complexity index is 1280. The van der Waals surface area contributed by atoms with Gasteiger partial charge in [-0.25, -0.2) is 18.7 Å². The fourth-order valence-electron chi connectivity index (χ4n) is 4.06. The molecule has 0 amide bonds. The number of nitrogens with zero attached hydrogens (tertiary/aromatic N) is 3. The van der Waals surface area contributed by atoms with Gasteiger partial charge in [0.05, 0.1) is 15.9 Å². The quantitative estimate of drug-likeness (QED) is 0.396. The number of nitrogens with one attached hydrogen (secondary N) is 1. The van der Waals surface area contributed by atoms with E-state index in [0.29, 0.717) is 16.4 Å². The number of hydrogen-bond donors (Lipinski definition) is 1. The van der Waals surface area contributed by atoms with Crippen LogP contribution in [-0.4, -0.2) is 34.0 Å². The van der Waals surface area contributed by atoms with Crippen LogP contribution in [0.25, 0.3) is 26.0 Å². The van der Waals surface area contributed by atoms with Gasteiger partial charge in [-0.3, -0.25) is 4.90 Å². The summed E-state index contributed by atoms with van der Waals surface area (Å²) in [6, 6.07) is 5.48. The molecular formula is C22H20F2N4S2. The smallest absolute Gasteiger partial charge is 0.176 e. The number of fused-ring (bicyclic) bond motifs is 2. The standard InChI is InChI=1S/C22H20F2N4S2/c1-3-28-8-4-5-13(12(28)2)17-9-14-16(6-7-25-22(14)30-17)27-20-15(23)10-18-21(19(20)24)26-11-29-18/h5-7,9-12H,3-4,8H2,1-2H3,(H,25,27)/t12-/m1/s1. The number of thiophene rings is 1. The number of pyridine rings is 1. The van der Waals surface area contributed by atoms with E-state index in [1.54, 1.807) is 23.6 Å². The van der Waals surface area contributed by atoms with Gasteiger partial charge in [0.1, 0.15) is 16.0 Å². The summed E-state index contributed by atoms with van der Waals surface area (Å²) < 4.78 is 30.0. The van der Waals surface area contributed by atoms with E-state index in [9.17, 15) is 8.78 Å². The molecule has 4 nitrogen and oxygen atoms in total. The summed E-state index contributed by atoms with van der Waals surface area (Å²) in [7, 11) is 0. The zero-order valence-corrected chi connectivity index (χ0v) is 18.2. The Morgan fingerprint density at radius 3 is 2.97 bits per heavy atom. The van der Waals surface area contributed by atoms with Gasteiger partial charge in [0, 0.05) is 29.0 Å². The molecule has 0 saturated carbocycles. The number of anilines is 2. The van der Waals surface area contributed by atoms with Crippen LogP contribution in [0.4, 0.5) is 20.2 Å². The second-order valence-corrected chi connectivity index (χ2v) is 9.23. The normalized spacial score (nSPS) is 17.6. The predicted octanol–water partition coefficient (Wildman–Crippen LogP) is 6.43. The number of aromatic nitrogens is 2. The molecule has 1 aliphatic rings. The third kappa shape index (κ3) is 3.19.